The third kappa shape index (κ3) is 10.6. The summed E-state index contributed by atoms with van der Waals surface area (Å²) < 4.78 is 5.36. The molecule has 0 heterocycles. The predicted molar refractivity (Wildman–Crippen MR) is 77.6 cm³/mol. The smallest absolute Gasteiger partial charge is 0.305 e. The second-order valence-electron chi connectivity index (χ2n) is 5.26. The lowest BCUT2D eigenvalue weighted by atomic mass is 10.0. The lowest BCUT2D eigenvalue weighted by Gasteiger charge is -2.14. The Labute approximate surface area is 113 Å². The van der Waals surface area contributed by atoms with Crippen LogP contribution in [0.2, 0.25) is 0 Å². The number of rotatable bonds is 12. The van der Waals surface area contributed by atoms with Crippen LogP contribution >= 0.6 is 0 Å². The number of carbonyl (C=O) groups is 1. The van der Waals surface area contributed by atoms with Crippen LogP contribution in [0.4, 0.5) is 0 Å². The molecule has 2 nitrogen and oxygen atoms in total. The lowest BCUT2D eigenvalue weighted by molar-refractivity contribution is -0.145. The molecule has 0 rings (SSSR count). The molecular weight excluding hydrogens is 224 g/mol. The summed E-state index contributed by atoms with van der Waals surface area (Å²) in [5.74, 6) is 0.565. The summed E-state index contributed by atoms with van der Waals surface area (Å²) in [5.41, 5.74) is 0. The third-order valence-electron chi connectivity index (χ3n) is 3.51. The van der Waals surface area contributed by atoms with Gasteiger partial charge in [-0.05, 0) is 18.8 Å². The molecule has 0 aliphatic carbocycles. The van der Waals surface area contributed by atoms with Gasteiger partial charge in [0.2, 0.25) is 0 Å². The van der Waals surface area contributed by atoms with Crippen molar-refractivity contribution in [2.75, 3.05) is 6.61 Å². The second-order valence-corrected chi connectivity index (χ2v) is 5.26. The molecule has 0 saturated heterocycles. The second kappa shape index (κ2) is 12.9. The summed E-state index contributed by atoms with van der Waals surface area (Å²) in [5, 5.41) is 0. The summed E-state index contributed by atoms with van der Waals surface area (Å²) >= 11 is 0. The number of hydrogen-bond donors (Lipinski definition) is 0. The van der Waals surface area contributed by atoms with E-state index >= 15 is 0 Å². The molecule has 0 aromatic heterocycles. The minimum absolute atomic E-state index is 0.00134. The van der Waals surface area contributed by atoms with Crippen LogP contribution in [0.5, 0.6) is 0 Å². The predicted octanol–water partition coefficient (Wildman–Crippen LogP) is 5.11. The average Bonchev–Trinajstić information content (AvgIpc) is 2.39. The molecule has 1 atom stereocenters. The maximum absolute atomic E-state index is 11.5. The molecule has 0 amide bonds. The van der Waals surface area contributed by atoms with Crippen LogP contribution in [0.15, 0.2) is 0 Å². The molecular formula is C16H32O2. The quantitative estimate of drug-likeness (QED) is 0.358. The van der Waals surface area contributed by atoms with Crippen LogP contribution in [0.1, 0.15) is 85.0 Å². The zero-order chi connectivity index (χ0) is 13.6. The van der Waals surface area contributed by atoms with E-state index in [1.807, 2.05) is 0 Å². The fourth-order valence-electron chi connectivity index (χ4n) is 2.05. The van der Waals surface area contributed by atoms with Gasteiger partial charge in [-0.25, -0.2) is 0 Å². The molecule has 0 fully saturated rings. The largest absolute Gasteiger partial charge is 0.465 e. The van der Waals surface area contributed by atoms with E-state index in [4.69, 9.17) is 4.74 Å². The highest BCUT2D eigenvalue weighted by molar-refractivity contribution is 5.69. The van der Waals surface area contributed by atoms with Gasteiger partial charge in [-0.2, -0.15) is 0 Å². The van der Waals surface area contributed by atoms with E-state index in [0.29, 0.717) is 18.9 Å². The fourth-order valence-corrected chi connectivity index (χ4v) is 2.05. The van der Waals surface area contributed by atoms with Gasteiger partial charge >= 0.3 is 5.97 Å². The summed E-state index contributed by atoms with van der Waals surface area (Å²) in [4.78, 5) is 11.5. The van der Waals surface area contributed by atoms with Gasteiger partial charge in [0.1, 0.15) is 0 Å². The van der Waals surface area contributed by atoms with Crippen LogP contribution in [0, 0.1) is 5.92 Å². The Morgan fingerprint density at radius 1 is 0.944 bits per heavy atom. The van der Waals surface area contributed by atoms with Crippen LogP contribution in [0.25, 0.3) is 0 Å². The zero-order valence-electron chi connectivity index (χ0n) is 12.7. The Kier molecular flexibility index (Phi) is 12.5. The standard InChI is InChI=1S/C16H32O2/c1-4-7-9-10-11-13-16(17)18-14-15(6-3)12-8-5-2/h15H,4-14H2,1-3H3/t15-/m0/s1. The Balaban J connectivity index is 3.49. The van der Waals surface area contributed by atoms with Crippen molar-refractivity contribution in [2.24, 2.45) is 5.92 Å². The third-order valence-corrected chi connectivity index (χ3v) is 3.51. The zero-order valence-corrected chi connectivity index (χ0v) is 12.7. The molecule has 0 aliphatic rings. The first-order valence-electron chi connectivity index (χ1n) is 7.90. The van der Waals surface area contributed by atoms with Crippen molar-refractivity contribution in [3.05, 3.63) is 0 Å². The van der Waals surface area contributed by atoms with E-state index in [0.717, 1.165) is 19.3 Å². The van der Waals surface area contributed by atoms with Gasteiger partial charge in [0.05, 0.1) is 6.61 Å². The first kappa shape index (κ1) is 17.5. The van der Waals surface area contributed by atoms with Gasteiger partial charge in [-0.3, -0.25) is 4.79 Å². The summed E-state index contributed by atoms with van der Waals surface area (Å²) in [6.07, 6.45) is 11.3. The van der Waals surface area contributed by atoms with Crippen molar-refractivity contribution in [1.82, 2.24) is 0 Å². The van der Waals surface area contributed by atoms with Crippen LogP contribution in [-0.4, -0.2) is 12.6 Å². The molecule has 0 aliphatic heterocycles. The first-order valence-corrected chi connectivity index (χ1v) is 7.90. The Morgan fingerprint density at radius 3 is 2.22 bits per heavy atom. The minimum atomic E-state index is 0.00134. The molecule has 18 heavy (non-hydrogen) atoms. The Morgan fingerprint density at radius 2 is 1.61 bits per heavy atom. The van der Waals surface area contributed by atoms with Gasteiger partial charge in [-0.15, -0.1) is 0 Å². The van der Waals surface area contributed by atoms with Crippen molar-refractivity contribution in [3.8, 4) is 0 Å². The van der Waals surface area contributed by atoms with Crippen LogP contribution in [0.3, 0.4) is 0 Å². The topological polar surface area (TPSA) is 26.3 Å². The number of ether oxygens (including phenoxy) is 1. The normalized spacial score (nSPS) is 12.4. The van der Waals surface area contributed by atoms with Crippen molar-refractivity contribution < 1.29 is 9.53 Å². The number of hydrogen-bond acceptors (Lipinski definition) is 2. The van der Waals surface area contributed by atoms with E-state index in [1.165, 1.54) is 38.5 Å². The van der Waals surface area contributed by atoms with Crippen LogP contribution < -0.4 is 0 Å². The van der Waals surface area contributed by atoms with E-state index in [1.54, 1.807) is 0 Å². The van der Waals surface area contributed by atoms with Crippen molar-refractivity contribution in [2.45, 2.75) is 85.0 Å². The Bertz CT molecular complexity index is 190. The highest BCUT2D eigenvalue weighted by atomic mass is 16.5. The molecule has 0 aromatic rings. The molecule has 0 aromatic carbocycles. The van der Waals surface area contributed by atoms with Crippen molar-refractivity contribution in [1.29, 1.82) is 0 Å². The van der Waals surface area contributed by atoms with E-state index < -0.39 is 0 Å². The molecule has 0 bridgehead atoms. The molecule has 0 saturated carbocycles. The van der Waals surface area contributed by atoms with E-state index in [9.17, 15) is 4.79 Å². The molecule has 2 heteroatoms. The SMILES string of the molecule is CCCCCCCC(=O)OC[C@@H](CC)CCCC. The molecule has 0 N–H and O–H groups in total. The Hall–Kier alpha value is -0.530. The molecule has 0 spiro atoms. The maximum Gasteiger partial charge on any atom is 0.305 e. The van der Waals surface area contributed by atoms with Crippen LogP contribution in [-0.2, 0) is 9.53 Å². The summed E-state index contributed by atoms with van der Waals surface area (Å²) in [6.45, 7) is 7.22. The number of carbonyl (C=O) groups excluding carboxylic acids is 1. The highest BCUT2D eigenvalue weighted by Gasteiger charge is 2.09. The summed E-state index contributed by atoms with van der Waals surface area (Å²) in [6, 6.07) is 0. The van der Waals surface area contributed by atoms with Gasteiger partial charge in [-0.1, -0.05) is 65.7 Å². The lowest BCUT2D eigenvalue weighted by Crippen LogP contribution is -2.13. The van der Waals surface area contributed by atoms with Gasteiger partial charge < -0.3 is 4.74 Å². The maximum atomic E-state index is 11.5. The van der Waals surface area contributed by atoms with Crippen molar-refractivity contribution >= 4 is 5.97 Å². The average molecular weight is 256 g/mol. The fraction of sp³-hybridized carbons (Fsp3) is 0.938. The van der Waals surface area contributed by atoms with Gasteiger partial charge in [0, 0.05) is 6.42 Å². The summed E-state index contributed by atoms with van der Waals surface area (Å²) in [7, 11) is 0. The van der Waals surface area contributed by atoms with Crippen molar-refractivity contribution in [3.63, 3.8) is 0 Å². The monoisotopic (exact) mass is 256 g/mol. The van der Waals surface area contributed by atoms with E-state index in [2.05, 4.69) is 20.8 Å². The van der Waals surface area contributed by atoms with E-state index in [-0.39, 0.29) is 5.97 Å². The van der Waals surface area contributed by atoms with Gasteiger partial charge in [0.25, 0.3) is 0 Å². The first-order chi connectivity index (χ1) is 8.74. The highest BCUT2D eigenvalue weighted by Crippen LogP contribution is 2.13. The van der Waals surface area contributed by atoms with Gasteiger partial charge in [0.15, 0.2) is 0 Å². The molecule has 108 valence electrons. The molecule has 0 unspecified atom stereocenters. The number of esters is 1. The number of unbranched alkanes of at least 4 members (excludes halogenated alkanes) is 5. The minimum Gasteiger partial charge on any atom is -0.465 e. The molecule has 0 radical (unpaired) electrons.